The van der Waals surface area contributed by atoms with E-state index in [0.717, 1.165) is 31.3 Å². The number of fused-ring (bicyclic) bond motifs is 1. The molecule has 0 bridgehead atoms. The summed E-state index contributed by atoms with van der Waals surface area (Å²) in [6, 6.07) is 2.73. The highest BCUT2D eigenvalue weighted by Crippen LogP contribution is 2.43. The van der Waals surface area contributed by atoms with E-state index in [0.29, 0.717) is 6.54 Å². The van der Waals surface area contributed by atoms with Crippen molar-refractivity contribution in [1.82, 2.24) is 9.62 Å². The summed E-state index contributed by atoms with van der Waals surface area (Å²) in [6.45, 7) is 5.76. The van der Waals surface area contributed by atoms with Crippen LogP contribution in [0.5, 0.6) is 0 Å². The first kappa shape index (κ1) is 14.9. The predicted molar refractivity (Wildman–Crippen MR) is 74.2 cm³/mol. The fourth-order valence-corrected chi connectivity index (χ4v) is 5.45. The average Bonchev–Trinajstić information content (AvgIpc) is 2.95. The molecule has 0 amide bonds. The van der Waals surface area contributed by atoms with Crippen molar-refractivity contribution in [2.45, 2.75) is 24.3 Å². The van der Waals surface area contributed by atoms with Gasteiger partial charge < -0.3 is 5.32 Å². The molecule has 2 heterocycles. The Labute approximate surface area is 123 Å². The van der Waals surface area contributed by atoms with Crippen LogP contribution in [0.4, 0.5) is 8.78 Å². The van der Waals surface area contributed by atoms with Crippen LogP contribution in [0.15, 0.2) is 23.1 Å². The highest BCUT2D eigenvalue weighted by molar-refractivity contribution is 7.89. The van der Waals surface area contributed by atoms with Crippen LogP contribution in [0.2, 0.25) is 0 Å². The van der Waals surface area contributed by atoms with Gasteiger partial charge in [-0.25, -0.2) is 17.2 Å². The molecule has 2 aliphatic heterocycles. The van der Waals surface area contributed by atoms with Crippen LogP contribution >= 0.6 is 0 Å². The van der Waals surface area contributed by atoms with Gasteiger partial charge in [-0.1, -0.05) is 0 Å². The fraction of sp³-hybridized carbons (Fsp3) is 0.571. The molecule has 0 saturated carbocycles. The Hall–Kier alpha value is -1.05. The van der Waals surface area contributed by atoms with Crippen molar-refractivity contribution >= 4 is 10.0 Å². The number of halogens is 2. The van der Waals surface area contributed by atoms with E-state index in [-0.39, 0.29) is 16.7 Å². The maximum atomic E-state index is 13.4. The second kappa shape index (κ2) is 4.72. The summed E-state index contributed by atoms with van der Waals surface area (Å²) in [7, 11) is -3.83. The number of rotatable bonds is 2. The van der Waals surface area contributed by atoms with Crippen molar-refractivity contribution in [2.75, 3.05) is 19.6 Å². The zero-order valence-electron chi connectivity index (χ0n) is 11.9. The van der Waals surface area contributed by atoms with Crippen LogP contribution in [0.1, 0.15) is 13.8 Å². The van der Waals surface area contributed by atoms with Crippen molar-refractivity contribution in [1.29, 1.82) is 0 Å². The van der Waals surface area contributed by atoms with Gasteiger partial charge in [0.1, 0.15) is 0 Å². The molecule has 116 valence electrons. The summed E-state index contributed by atoms with van der Waals surface area (Å²) in [4.78, 5) is -0.192. The molecule has 0 aromatic heterocycles. The number of hydrogen-bond acceptors (Lipinski definition) is 3. The normalized spacial score (nSPS) is 28.8. The molecule has 1 aromatic rings. The Morgan fingerprint density at radius 1 is 1.24 bits per heavy atom. The summed E-state index contributed by atoms with van der Waals surface area (Å²) in [5, 5.41) is 3.28. The largest absolute Gasteiger partial charge is 0.316 e. The smallest absolute Gasteiger partial charge is 0.243 e. The third-order valence-corrected chi connectivity index (χ3v) is 6.82. The zero-order chi connectivity index (χ0) is 15.4. The van der Waals surface area contributed by atoms with Crippen molar-refractivity contribution < 1.29 is 17.2 Å². The van der Waals surface area contributed by atoms with Gasteiger partial charge in [0.15, 0.2) is 11.6 Å². The first-order valence-corrected chi connectivity index (χ1v) is 8.37. The van der Waals surface area contributed by atoms with Gasteiger partial charge in [-0.15, -0.1) is 0 Å². The summed E-state index contributed by atoms with van der Waals surface area (Å²) in [5.41, 5.74) is -0.544. The minimum Gasteiger partial charge on any atom is -0.316 e. The molecular weight excluding hydrogens is 298 g/mol. The number of nitrogens with one attached hydrogen (secondary N) is 1. The molecule has 7 heteroatoms. The lowest BCUT2D eigenvalue weighted by atomic mass is 9.85. The number of hydrogen-bond donors (Lipinski definition) is 1. The van der Waals surface area contributed by atoms with E-state index in [9.17, 15) is 17.2 Å². The highest BCUT2D eigenvalue weighted by Gasteiger charge is 2.54. The third kappa shape index (κ3) is 2.18. The van der Waals surface area contributed by atoms with Crippen LogP contribution in [0.25, 0.3) is 0 Å². The molecule has 2 atom stereocenters. The molecule has 2 saturated heterocycles. The van der Waals surface area contributed by atoms with E-state index < -0.39 is 27.2 Å². The summed E-state index contributed by atoms with van der Waals surface area (Å²) in [5.74, 6) is -1.69. The van der Waals surface area contributed by atoms with Crippen molar-refractivity contribution in [2.24, 2.45) is 11.8 Å². The van der Waals surface area contributed by atoms with Gasteiger partial charge >= 0.3 is 0 Å². The SMILES string of the molecule is CC1(C)C2CNCC2CN1S(=O)(=O)c1ccc(F)c(F)c1. The molecule has 2 unspecified atom stereocenters. The lowest BCUT2D eigenvalue weighted by Gasteiger charge is -2.34. The van der Waals surface area contributed by atoms with E-state index >= 15 is 0 Å². The molecule has 3 rings (SSSR count). The first-order chi connectivity index (χ1) is 9.74. The Morgan fingerprint density at radius 2 is 1.95 bits per heavy atom. The first-order valence-electron chi connectivity index (χ1n) is 6.93. The molecule has 0 aliphatic carbocycles. The number of sulfonamides is 1. The molecule has 1 N–H and O–H groups in total. The average molecular weight is 316 g/mol. The summed E-state index contributed by atoms with van der Waals surface area (Å²) in [6.07, 6.45) is 0. The Morgan fingerprint density at radius 3 is 2.57 bits per heavy atom. The Balaban J connectivity index is 2.00. The van der Waals surface area contributed by atoms with Gasteiger partial charge in [-0.05, 0) is 50.4 Å². The minimum atomic E-state index is -3.83. The number of benzene rings is 1. The molecule has 21 heavy (non-hydrogen) atoms. The molecule has 1 aromatic carbocycles. The van der Waals surface area contributed by atoms with Gasteiger partial charge in [0.25, 0.3) is 0 Å². The van der Waals surface area contributed by atoms with E-state index in [2.05, 4.69) is 5.32 Å². The van der Waals surface area contributed by atoms with Gasteiger partial charge in [0.05, 0.1) is 4.90 Å². The lowest BCUT2D eigenvalue weighted by molar-refractivity contribution is 0.233. The second-order valence-electron chi connectivity index (χ2n) is 6.29. The van der Waals surface area contributed by atoms with Gasteiger partial charge in [-0.3, -0.25) is 0 Å². The molecule has 4 nitrogen and oxygen atoms in total. The van der Waals surface area contributed by atoms with Crippen LogP contribution in [0.3, 0.4) is 0 Å². The lowest BCUT2D eigenvalue weighted by Crippen LogP contribution is -2.47. The van der Waals surface area contributed by atoms with E-state index in [1.165, 1.54) is 4.31 Å². The predicted octanol–water partition coefficient (Wildman–Crippen LogP) is 1.58. The van der Waals surface area contributed by atoms with Gasteiger partial charge in [0.2, 0.25) is 10.0 Å². The molecule has 2 fully saturated rings. The molecule has 2 aliphatic rings. The quantitative estimate of drug-likeness (QED) is 0.901. The monoisotopic (exact) mass is 316 g/mol. The zero-order valence-corrected chi connectivity index (χ0v) is 12.8. The maximum absolute atomic E-state index is 13.4. The van der Waals surface area contributed by atoms with Crippen LogP contribution < -0.4 is 5.32 Å². The minimum absolute atomic E-state index is 0.192. The van der Waals surface area contributed by atoms with E-state index in [1.807, 2.05) is 13.8 Å². The van der Waals surface area contributed by atoms with Crippen molar-refractivity contribution in [3.05, 3.63) is 29.8 Å². The fourth-order valence-electron chi connectivity index (χ4n) is 3.56. The molecule has 0 spiro atoms. The topological polar surface area (TPSA) is 49.4 Å². The van der Waals surface area contributed by atoms with Gasteiger partial charge in [0, 0.05) is 18.6 Å². The maximum Gasteiger partial charge on any atom is 0.243 e. The van der Waals surface area contributed by atoms with Crippen LogP contribution in [-0.4, -0.2) is 37.9 Å². The van der Waals surface area contributed by atoms with E-state index in [4.69, 9.17) is 0 Å². The Bertz CT molecular complexity index is 676. The van der Waals surface area contributed by atoms with Crippen LogP contribution in [0, 0.1) is 23.5 Å². The van der Waals surface area contributed by atoms with Crippen molar-refractivity contribution in [3.63, 3.8) is 0 Å². The van der Waals surface area contributed by atoms with Crippen molar-refractivity contribution in [3.8, 4) is 0 Å². The molecule has 0 radical (unpaired) electrons. The van der Waals surface area contributed by atoms with E-state index in [1.54, 1.807) is 0 Å². The summed E-state index contributed by atoms with van der Waals surface area (Å²) >= 11 is 0. The van der Waals surface area contributed by atoms with Gasteiger partial charge in [-0.2, -0.15) is 4.31 Å². The standard InChI is InChI=1S/C14H18F2N2O2S/c1-14(2)11-7-17-6-9(11)8-18(14)21(19,20)10-3-4-12(15)13(16)5-10/h3-5,9,11,17H,6-8H2,1-2H3. The molecular formula is C14H18F2N2O2S. The third-order valence-electron chi connectivity index (χ3n) is 4.77. The second-order valence-corrected chi connectivity index (χ2v) is 8.15. The number of nitrogens with zero attached hydrogens (tertiary/aromatic N) is 1. The van der Waals surface area contributed by atoms with Crippen LogP contribution in [-0.2, 0) is 10.0 Å². The highest BCUT2D eigenvalue weighted by atomic mass is 32.2. The Kier molecular flexibility index (Phi) is 3.35. The summed E-state index contributed by atoms with van der Waals surface area (Å²) < 4.78 is 53.3.